The van der Waals surface area contributed by atoms with Gasteiger partial charge in [0.15, 0.2) is 0 Å². The van der Waals surface area contributed by atoms with Gasteiger partial charge in [-0.2, -0.15) is 0 Å². The molecule has 0 fully saturated rings. The molecule has 0 unspecified atom stereocenters. The van der Waals surface area contributed by atoms with Crippen molar-refractivity contribution in [3.05, 3.63) is 43.0 Å². The lowest BCUT2D eigenvalue weighted by atomic mass is 10.3. The van der Waals surface area contributed by atoms with E-state index < -0.39 is 12.1 Å². The van der Waals surface area contributed by atoms with Gasteiger partial charge in [0.25, 0.3) is 0 Å². The van der Waals surface area contributed by atoms with E-state index in [1.807, 2.05) is 18.2 Å². The molecule has 0 heterocycles. The lowest BCUT2D eigenvalue weighted by Crippen LogP contribution is -2.14. The lowest BCUT2D eigenvalue weighted by Gasteiger charge is -2.06. The topological polar surface area (TPSA) is 64.6 Å². The normalized spacial score (nSPS) is 9.47. The molecule has 1 N–H and O–H groups in total. The minimum Gasteiger partial charge on any atom is -0.463 e. The van der Waals surface area contributed by atoms with Crippen molar-refractivity contribution in [1.82, 2.24) is 0 Å². The van der Waals surface area contributed by atoms with Gasteiger partial charge in [0, 0.05) is 11.8 Å². The highest BCUT2D eigenvalue weighted by atomic mass is 16.5. The van der Waals surface area contributed by atoms with E-state index >= 15 is 0 Å². The molecule has 0 aliphatic carbocycles. The second kappa shape index (κ2) is 8.74. The van der Waals surface area contributed by atoms with E-state index in [9.17, 15) is 9.59 Å². The predicted molar refractivity (Wildman–Crippen MR) is 71.8 cm³/mol. The zero-order valence-electron chi connectivity index (χ0n) is 10.6. The molecule has 1 rings (SSSR count). The Bertz CT molecular complexity index is 417. The predicted octanol–water partition coefficient (Wildman–Crippen LogP) is 2.74. The maximum absolute atomic E-state index is 11.4. The number of unbranched alkanes of at least 4 members (excludes halogenated alkanes) is 1. The monoisotopic (exact) mass is 263 g/mol. The van der Waals surface area contributed by atoms with E-state index in [-0.39, 0.29) is 6.61 Å². The van der Waals surface area contributed by atoms with Crippen LogP contribution in [0.25, 0.3) is 0 Å². The van der Waals surface area contributed by atoms with Crippen molar-refractivity contribution >= 4 is 17.7 Å². The molecule has 0 aliphatic heterocycles. The average Bonchev–Trinajstić information content (AvgIpc) is 2.43. The van der Waals surface area contributed by atoms with Crippen molar-refractivity contribution in [2.45, 2.75) is 12.8 Å². The van der Waals surface area contributed by atoms with Crippen LogP contribution in [-0.4, -0.2) is 25.3 Å². The number of para-hydroxylation sites is 1. The molecule has 1 aromatic rings. The molecule has 5 nitrogen and oxygen atoms in total. The van der Waals surface area contributed by atoms with Gasteiger partial charge in [0.2, 0.25) is 0 Å². The van der Waals surface area contributed by atoms with Crippen molar-refractivity contribution in [3.8, 4) is 0 Å². The van der Waals surface area contributed by atoms with Crippen molar-refractivity contribution in [1.29, 1.82) is 0 Å². The molecular formula is C14H17NO4. The van der Waals surface area contributed by atoms with E-state index in [2.05, 4.69) is 11.9 Å². The van der Waals surface area contributed by atoms with Gasteiger partial charge in [-0.05, 0) is 25.0 Å². The summed E-state index contributed by atoms with van der Waals surface area (Å²) in [6.07, 6.45) is 1.89. The van der Waals surface area contributed by atoms with Crippen LogP contribution in [0.3, 0.4) is 0 Å². The van der Waals surface area contributed by atoms with Crippen LogP contribution in [-0.2, 0) is 14.3 Å². The smallest absolute Gasteiger partial charge is 0.411 e. The highest BCUT2D eigenvalue weighted by Crippen LogP contribution is 2.05. The summed E-state index contributed by atoms with van der Waals surface area (Å²) in [5, 5.41) is 2.60. The number of hydrogen-bond acceptors (Lipinski definition) is 4. The molecule has 0 atom stereocenters. The third-order valence-corrected chi connectivity index (χ3v) is 2.20. The SMILES string of the molecule is C=CC(=O)OCCCCOC(=O)Nc1ccccc1. The molecule has 0 bridgehead atoms. The molecule has 1 aromatic carbocycles. The number of benzene rings is 1. The summed E-state index contributed by atoms with van der Waals surface area (Å²) < 4.78 is 9.75. The van der Waals surface area contributed by atoms with Crippen LogP contribution in [0, 0.1) is 0 Å². The quantitative estimate of drug-likeness (QED) is 0.466. The molecule has 0 aromatic heterocycles. The lowest BCUT2D eigenvalue weighted by molar-refractivity contribution is -0.137. The van der Waals surface area contributed by atoms with Crippen LogP contribution in [0.5, 0.6) is 0 Å². The van der Waals surface area contributed by atoms with Gasteiger partial charge in [-0.25, -0.2) is 9.59 Å². The van der Waals surface area contributed by atoms with Gasteiger partial charge >= 0.3 is 12.1 Å². The Hall–Kier alpha value is -2.30. The minimum absolute atomic E-state index is 0.282. The summed E-state index contributed by atoms with van der Waals surface area (Å²) in [6.45, 7) is 3.87. The summed E-state index contributed by atoms with van der Waals surface area (Å²) in [7, 11) is 0. The molecular weight excluding hydrogens is 246 g/mol. The van der Waals surface area contributed by atoms with Gasteiger partial charge in [0.1, 0.15) is 0 Å². The average molecular weight is 263 g/mol. The standard InChI is InChI=1S/C14H17NO4/c1-2-13(16)18-10-6-7-11-19-14(17)15-12-8-4-3-5-9-12/h2-5,8-9H,1,6-7,10-11H2,(H,15,17). The van der Waals surface area contributed by atoms with Crippen LogP contribution in [0.4, 0.5) is 10.5 Å². The highest BCUT2D eigenvalue weighted by molar-refractivity contribution is 5.84. The van der Waals surface area contributed by atoms with Crippen molar-refractivity contribution in [3.63, 3.8) is 0 Å². The molecule has 1 amide bonds. The first-order valence-electron chi connectivity index (χ1n) is 6.00. The van der Waals surface area contributed by atoms with Crippen LogP contribution in [0.15, 0.2) is 43.0 Å². The Morgan fingerprint density at radius 1 is 1.11 bits per heavy atom. The molecule has 19 heavy (non-hydrogen) atoms. The second-order valence-electron chi connectivity index (χ2n) is 3.71. The summed E-state index contributed by atoms with van der Waals surface area (Å²) in [5.74, 6) is -0.442. The molecule has 0 saturated carbocycles. The number of carbonyl (C=O) groups excluding carboxylic acids is 2. The molecule has 102 valence electrons. The number of hydrogen-bond donors (Lipinski definition) is 1. The van der Waals surface area contributed by atoms with Crippen molar-refractivity contribution in [2.24, 2.45) is 0 Å². The number of anilines is 1. The zero-order chi connectivity index (χ0) is 13.9. The van der Waals surface area contributed by atoms with E-state index in [0.29, 0.717) is 25.1 Å². The number of esters is 1. The molecule has 0 aliphatic rings. The summed E-state index contributed by atoms with van der Waals surface area (Å²) in [4.78, 5) is 22.1. The number of rotatable bonds is 7. The first kappa shape index (κ1) is 14.8. The Balaban J connectivity index is 2.05. The summed E-state index contributed by atoms with van der Waals surface area (Å²) in [6, 6.07) is 9.06. The third-order valence-electron chi connectivity index (χ3n) is 2.20. The molecule has 5 heteroatoms. The summed E-state index contributed by atoms with van der Waals surface area (Å²) in [5.41, 5.74) is 0.687. The van der Waals surface area contributed by atoms with Crippen LogP contribution < -0.4 is 5.32 Å². The Kier molecular flexibility index (Phi) is 6.79. The van der Waals surface area contributed by atoms with Crippen molar-refractivity contribution in [2.75, 3.05) is 18.5 Å². The van der Waals surface area contributed by atoms with Gasteiger partial charge in [-0.1, -0.05) is 24.8 Å². The van der Waals surface area contributed by atoms with Gasteiger partial charge in [-0.3, -0.25) is 5.32 Å². The fraction of sp³-hybridized carbons (Fsp3) is 0.286. The highest BCUT2D eigenvalue weighted by Gasteiger charge is 2.02. The molecule has 0 saturated heterocycles. The van der Waals surface area contributed by atoms with E-state index in [0.717, 1.165) is 6.08 Å². The summed E-state index contributed by atoms with van der Waals surface area (Å²) >= 11 is 0. The number of nitrogens with one attached hydrogen (secondary N) is 1. The van der Waals surface area contributed by atoms with Gasteiger partial charge < -0.3 is 9.47 Å². The number of amides is 1. The Labute approximate surface area is 112 Å². The first-order valence-corrected chi connectivity index (χ1v) is 6.00. The first-order chi connectivity index (χ1) is 9.22. The molecule has 0 radical (unpaired) electrons. The fourth-order valence-electron chi connectivity index (χ4n) is 1.28. The maximum Gasteiger partial charge on any atom is 0.411 e. The van der Waals surface area contributed by atoms with E-state index in [4.69, 9.17) is 9.47 Å². The third kappa shape index (κ3) is 6.88. The van der Waals surface area contributed by atoms with Gasteiger partial charge in [-0.15, -0.1) is 0 Å². The number of ether oxygens (including phenoxy) is 2. The Morgan fingerprint density at radius 3 is 2.37 bits per heavy atom. The minimum atomic E-state index is -0.491. The van der Waals surface area contributed by atoms with Crippen LogP contribution in [0.1, 0.15) is 12.8 Å². The van der Waals surface area contributed by atoms with Gasteiger partial charge in [0.05, 0.1) is 13.2 Å². The van der Waals surface area contributed by atoms with E-state index in [1.54, 1.807) is 12.1 Å². The van der Waals surface area contributed by atoms with Crippen molar-refractivity contribution < 1.29 is 19.1 Å². The number of carbonyl (C=O) groups is 2. The van der Waals surface area contributed by atoms with Crippen LogP contribution >= 0.6 is 0 Å². The largest absolute Gasteiger partial charge is 0.463 e. The maximum atomic E-state index is 11.4. The Morgan fingerprint density at radius 2 is 1.74 bits per heavy atom. The molecule has 0 spiro atoms. The van der Waals surface area contributed by atoms with E-state index in [1.165, 1.54) is 0 Å². The second-order valence-corrected chi connectivity index (χ2v) is 3.71. The zero-order valence-corrected chi connectivity index (χ0v) is 10.6. The van der Waals surface area contributed by atoms with Crippen LogP contribution in [0.2, 0.25) is 0 Å². The fourth-order valence-corrected chi connectivity index (χ4v) is 1.28.